The molecule has 0 N–H and O–H groups in total. The molecule has 2 radical (unpaired) electrons. The minimum atomic E-state index is -0.793. The minimum Gasteiger partial charge on any atom is -0.465 e. The molecule has 7 heteroatoms. The van der Waals surface area contributed by atoms with Crippen molar-refractivity contribution in [2.75, 3.05) is 28.3 Å². The second-order valence-corrected chi connectivity index (χ2v) is 5.55. The molecule has 0 heterocycles. The Labute approximate surface area is 176 Å². The van der Waals surface area contributed by atoms with Crippen LogP contribution in [0, 0.1) is 12.8 Å². The van der Waals surface area contributed by atoms with Gasteiger partial charge in [-0.1, -0.05) is 42.5 Å². The molecule has 0 spiro atoms. The van der Waals surface area contributed by atoms with Crippen molar-refractivity contribution in [1.29, 1.82) is 0 Å². The normalized spacial score (nSPS) is 14.5. The largest absolute Gasteiger partial charge is 0.465 e. The Balaban J connectivity index is 0.00000105. The summed E-state index contributed by atoms with van der Waals surface area (Å²) in [4.78, 5) is 37.6. The summed E-state index contributed by atoms with van der Waals surface area (Å²) in [6.07, 6.45) is 19.1. The summed E-state index contributed by atoms with van der Waals surface area (Å²) in [7, 11) is 5.72. The van der Waals surface area contributed by atoms with Crippen LogP contribution < -0.4 is 0 Å². The second-order valence-electron chi connectivity index (χ2n) is 5.55. The van der Waals surface area contributed by atoms with Crippen LogP contribution >= 0.6 is 0 Å². The molecule has 0 atom stereocenters. The van der Waals surface area contributed by atoms with E-state index in [1.807, 2.05) is 30.7 Å². The van der Waals surface area contributed by atoms with E-state index >= 15 is 0 Å². The number of hydrogen-bond donors (Lipinski definition) is 0. The van der Waals surface area contributed by atoms with E-state index in [0.717, 1.165) is 6.08 Å². The van der Waals surface area contributed by atoms with E-state index < -0.39 is 17.7 Å². The zero-order chi connectivity index (χ0) is 20.2. The first kappa shape index (κ1) is 25.4. The fraction of sp³-hybridized carbons (Fsp3) is 0.190. The standard InChI is InChI=1S/C16H18NO5.C5H5.Fe/c1-17(2)10-13(16(20)22-4)12(15(19)21-3)9-14(18)11-7-5-6-8-11;1-2-4-5-3-1;/h5-10H,1-4H3;1-5H;/b12-9+,13-10+;;. The van der Waals surface area contributed by atoms with Crippen LogP contribution in [0.1, 0.15) is 0 Å². The van der Waals surface area contributed by atoms with Crippen LogP contribution in [-0.4, -0.2) is 50.9 Å². The van der Waals surface area contributed by atoms with Gasteiger partial charge in [-0.3, -0.25) is 4.79 Å². The van der Waals surface area contributed by atoms with Crippen LogP contribution in [0.5, 0.6) is 0 Å². The van der Waals surface area contributed by atoms with Gasteiger partial charge in [0.1, 0.15) is 0 Å². The third-order valence-corrected chi connectivity index (χ3v) is 3.27. The Kier molecular flexibility index (Phi) is 12.3. The van der Waals surface area contributed by atoms with Crippen molar-refractivity contribution >= 4 is 17.7 Å². The molecule has 0 aromatic rings. The predicted octanol–water partition coefficient (Wildman–Crippen LogP) is 2.29. The van der Waals surface area contributed by atoms with Gasteiger partial charge in [0.2, 0.25) is 0 Å². The summed E-state index contributed by atoms with van der Waals surface area (Å²) in [6.45, 7) is 0. The summed E-state index contributed by atoms with van der Waals surface area (Å²) in [6, 6.07) is 0. The Bertz CT molecular complexity index is 745. The zero-order valence-electron chi connectivity index (χ0n) is 16.2. The summed E-state index contributed by atoms with van der Waals surface area (Å²) < 4.78 is 9.33. The average Bonchev–Trinajstić information content (AvgIpc) is 3.38. The van der Waals surface area contributed by atoms with Crippen molar-refractivity contribution in [2.45, 2.75) is 0 Å². The van der Waals surface area contributed by atoms with Gasteiger partial charge in [0, 0.05) is 61.9 Å². The molecule has 2 aliphatic rings. The molecule has 0 saturated carbocycles. The fourth-order valence-electron chi connectivity index (χ4n) is 2.03. The molecule has 150 valence electrons. The van der Waals surface area contributed by atoms with Crippen LogP contribution in [-0.2, 0) is 40.9 Å². The van der Waals surface area contributed by atoms with E-state index in [1.165, 1.54) is 20.4 Å². The van der Waals surface area contributed by atoms with E-state index in [1.54, 1.807) is 43.6 Å². The molecule has 0 aliphatic heterocycles. The van der Waals surface area contributed by atoms with Crippen molar-refractivity contribution in [2.24, 2.45) is 0 Å². The van der Waals surface area contributed by atoms with Gasteiger partial charge in [0.25, 0.3) is 0 Å². The Morgan fingerprint density at radius 3 is 1.82 bits per heavy atom. The van der Waals surface area contributed by atoms with Crippen molar-refractivity contribution in [3.8, 4) is 0 Å². The van der Waals surface area contributed by atoms with Gasteiger partial charge in [-0.05, 0) is 0 Å². The van der Waals surface area contributed by atoms with Gasteiger partial charge in [-0.2, -0.15) is 0 Å². The van der Waals surface area contributed by atoms with E-state index in [4.69, 9.17) is 0 Å². The number of hydrogen-bond acceptors (Lipinski definition) is 6. The van der Waals surface area contributed by atoms with E-state index in [9.17, 15) is 14.4 Å². The van der Waals surface area contributed by atoms with Crippen LogP contribution in [0.3, 0.4) is 0 Å². The van der Waals surface area contributed by atoms with Gasteiger partial charge < -0.3 is 14.4 Å². The Morgan fingerprint density at radius 1 is 0.857 bits per heavy atom. The summed E-state index contributed by atoms with van der Waals surface area (Å²) >= 11 is 0. The van der Waals surface area contributed by atoms with Crippen molar-refractivity contribution in [3.05, 3.63) is 84.4 Å². The third kappa shape index (κ3) is 8.37. The summed E-state index contributed by atoms with van der Waals surface area (Å²) in [5.41, 5.74) is 0.198. The molecule has 2 aliphatic carbocycles. The maximum absolute atomic E-state index is 12.2. The van der Waals surface area contributed by atoms with Gasteiger partial charge >= 0.3 is 11.9 Å². The van der Waals surface area contributed by atoms with Gasteiger partial charge in [-0.25, -0.2) is 9.59 Å². The molecule has 0 aromatic heterocycles. The van der Waals surface area contributed by atoms with Crippen LogP contribution in [0.25, 0.3) is 0 Å². The number of nitrogens with zero attached hydrogens (tertiary/aromatic N) is 1. The SMILES string of the molecule is COC(=O)C(=C/C(=O)C1=C[CH]C=C1)/C(=C\N(C)C)C(=O)OC.[CH]1C=CC=C1.[Fe]. The fourth-order valence-corrected chi connectivity index (χ4v) is 2.03. The molecule has 0 aromatic carbocycles. The monoisotopic (exact) mass is 425 g/mol. The first-order valence-electron chi connectivity index (χ1n) is 8.10. The van der Waals surface area contributed by atoms with Gasteiger partial charge in [-0.15, -0.1) is 0 Å². The molecule has 2 rings (SSSR count). The molecular weight excluding hydrogens is 402 g/mol. The van der Waals surface area contributed by atoms with Crippen LogP contribution in [0.4, 0.5) is 0 Å². The number of allylic oxidation sites excluding steroid dienone is 9. The van der Waals surface area contributed by atoms with Gasteiger partial charge in [0.15, 0.2) is 5.78 Å². The molecule has 0 fully saturated rings. The number of rotatable bonds is 6. The summed E-state index contributed by atoms with van der Waals surface area (Å²) in [5, 5.41) is 0. The molecule has 0 unspecified atom stereocenters. The quantitative estimate of drug-likeness (QED) is 0.282. The predicted molar refractivity (Wildman–Crippen MR) is 103 cm³/mol. The number of esters is 2. The number of carbonyl (C=O) groups is 3. The summed E-state index contributed by atoms with van der Waals surface area (Å²) in [5.74, 6) is -1.93. The Morgan fingerprint density at radius 2 is 1.43 bits per heavy atom. The van der Waals surface area contributed by atoms with Crippen molar-refractivity contribution in [1.82, 2.24) is 4.90 Å². The first-order valence-corrected chi connectivity index (χ1v) is 8.10. The molecule has 0 saturated heterocycles. The number of carbonyl (C=O) groups excluding carboxylic acids is 3. The maximum Gasteiger partial charge on any atom is 0.340 e. The molecule has 0 bridgehead atoms. The number of ether oxygens (including phenoxy) is 2. The van der Waals surface area contributed by atoms with E-state index in [0.29, 0.717) is 5.57 Å². The molecular formula is C21H23FeNO5. The minimum absolute atomic E-state index is 0. The maximum atomic E-state index is 12.2. The molecule has 28 heavy (non-hydrogen) atoms. The van der Waals surface area contributed by atoms with Crippen LogP contribution in [0.15, 0.2) is 71.5 Å². The van der Waals surface area contributed by atoms with Gasteiger partial charge in [0.05, 0.1) is 25.4 Å². The molecule has 0 amide bonds. The molecule has 6 nitrogen and oxygen atoms in total. The third-order valence-electron chi connectivity index (χ3n) is 3.27. The number of methoxy groups -OCH3 is 2. The topological polar surface area (TPSA) is 72.9 Å². The van der Waals surface area contributed by atoms with Crippen molar-refractivity contribution in [3.63, 3.8) is 0 Å². The van der Waals surface area contributed by atoms with Crippen LogP contribution in [0.2, 0.25) is 0 Å². The Hall–Kier alpha value is -2.63. The van der Waals surface area contributed by atoms with E-state index in [-0.39, 0.29) is 28.2 Å². The number of ketones is 1. The smallest absolute Gasteiger partial charge is 0.340 e. The first-order chi connectivity index (χ1) is 12.9. The zero-order valence-corrected chi connectivity index (χ0v) is 17.3. The average molecular weight is 425 g/mol. The van der Waals surface area contributed by atoms with Crippen molar-refractivity contribution < 1.29 is 40.9 Å². The second kappa shape index (κ2) is 13.5. The van der Waals surface area contributed by atoms with E-state index in [2.05, 4.69) is 9.47 Å².